The third-order valence-corrected chi connectivity index (χ3v) is 2.52. The van der Waals surface area contributed by atoms with Crippen LogP contribution in [0.2, 0.25) is 0 Å². The van der Waals surface area contributed by atoms with Gasteiger partial charge >= 0.3 is 0 Å². The molecule has 76 valence electrons. The van der Waals surface area contributed by atoms with E-state index >= 15 is 0 Å². The van der Waals surface area contributed by atoms with Gasteiger partial charge in [0.15, 0.2) is 0 Å². The van der Waals surface area contributed by atoms with Crippen molar-refractivity contribution in [2.45, 2.75) is 13.3 Å². The third-order valence-electron chi connectivity index (χ3n) is 1.90. The Labute approximate surface area is 89.1 Å². The number of anilines is 1. The second-order valence-electron chi connectivity index (χ2n) is 3.08. The summed E-state index contributed by atoms with van der Waals surface area (Å²) in [7, 11) is 0. The first-order valence-corrected chi connectivity index (χ1v) is 5.98. The zero-order valence-electron chi connectivity index (χ0n) is 8.54. The van der Waals surface area contributed by atoms with E-state index in [4.69, 9.17) is 0 Å². The van der Waals surface area contributed by atoms with Gasteiger partial charge in [-0.2, -0.15) is 11.8 Å². The number of amides is 1. The van der Waals surface area contributed by atoms with Gasteiger partial charge in [0, 0.05) is 12.6 Å². The number of aryl methyl sites for hydroxylation is 1. The summed E-state index contributed by atoms with van der Waals surface area (Å²) < 4.78 is 0. The summed E-state index contributed by atoms with van der Waals surface area (Å²) in [5, 5.41) is 2.83. The maximum Gasteiger partial charge on any atom is 0.221 e. The molecule has 1 amide bonds. The van der Waals surface area contributed by atoms with Crippen LogP contribution in [0, 0.1) is 0 Å². The highest BCUT2D eigenvalue weighted by Gasteiger charge is 2.01. The van der Waals surface area contributed by atoms with Crippen LogP contribution in [0.1, 0.15) is 12.5 Å². The molecule has 3 heteroatoms. The van der Waals surface area contributed by atoms with Gasteiger partial charge < -0.3 is 5.32 Å². The first-order chi connectivity index (χ1) is 6.74. The zero-order chi connectivity index (χ0) is 10.4. The number of hydrogen-bond donors (Lipinski definition) is 1. The van der Waals surface area contributed by atoms with Crippen LogP contribution in [-0.4, -0.2) is 17.9 Å². The van der Waals surface area contributed by atoms with Gasteiger partial charge in [-0.05, 0) is 30.1 Å². The number of nitrogens with one attached hydrogen (secondary N) is 1. The van der Waals surface area contributed by atoms with Crippen molar-refractivity contribution in [2.24, 2.45) is 0 Å². The number of carbonyl (C=O) groups excluding carboxylic acids is 1. The van der Waals surface area contributed by atoms with Crippen LogP contribution in [0.4, 0.5) is 5.69 Å². The summed E-state index contributed by atoms with van der Waals surface area (Å²) in [5.74, 6) is 1.07. The average Bonchev–Trinajstić information content (AvgIpc) is 2.16. The lowest BCUT2D eigenvalue weighted by atomic mass is 10.1. The van der Waals surface area contributed by atoms with Crippen LogP contribution in [0.25, 0.3) is 0 Å². The maximum atomic E-state index is 10.9. The molecule has 2 nitrogen and oxygen atoms in total. The van der Waals surface area contributed by atoms with E-state index in [1.165, 1.54) is 12.5 Å². The van der Waals surface area contributed by atoms with Crippen molar-refractivity contribution in [2.75, 3.05) is 17.3 Å². The Morgan fingerprint density at radius 2 is 2.14 bits per heavy atom. The Bertz CT molecular complexity index is 312. The summed E-state index contributed by atoms with van der Waals surface area (Å²) in [5.41, 5.74) is 2.14. The van der Waals surface area contributed by atoms with E-state index in [0.29, 0.717) is 0 Å². The van der Waals surface area contributed by atoms with Crippen molar-refractivity contribution in [3.63, 3.8) is 0 Å². The quantitative estimate of drug-likeness (QED) is 0.825. The summed E-state index contributed by atoms with van der Waals surface area (Å²) in [6, 6.07) is 7.94. The average molecular weight is 209 g/mol. The largest absolute Gasteiger partial charge is 0.326 e. The highest BCUT2D eigenvalue weighted by atomic mass is 32.2. The number of carbonyl (C=O) groups is 1. The lowest BCUT2D eigenvalue weighted by molar-refractivity contribution is -0.114. The summed E-state index contributed by atoms with van der Waals surface area (Å²) in [4.78, 5) is 10.9. The molecule has 1 N–H and O–H groups in total. The maximum absolute atomic E-state index is 10.9. The lowest BCUT2D eigenvalue weighted by Gasteiger charge is -2.08. The Balaban J connectivity index is 2.74. The standard InChI is InChI=1S/C11H15NOS/c1-9(13)12-11-6-4-3-5-10(11)7-8-14-2/h3-6H,7-8H2,1-2H3,(H,12,13). The zero-order valence-corrected chi connectivity index (χ0v) is 9.36. The van der Waals surface area contributed by atoms with Gasteiger partial charge in [-0.3, -0.25) is 4.79 Å². The molecule has 1 rings (SSSR count). The third kappa shape index (κ3) is 3.42. The highest BCUT2D eigenvalue weighted by Crippen LogP contribution is 2.16. The molecule has 0 saturated heterocycles. The predicted octanol–water partition coefficient (Wildman–Crippen LogP) is 2.55. The van der Waals surface area contributed by atoms with E-state index in [-0.39, 0.29) is 5.91 Å². The molecule has 0 spiro atoms. The lowest BCUT2D eigenvalue weighted by Crippen LogP contribution is -2.08. The first-order valence-electron chi connectivity index (χ1n) is 4.58. The number of hydrogen-bond acceptors (Lipinski definition) is 2. The second-order valence-corrected chi connectivity index (χ2v) is 4.07. The Hall–Kier alpha value is -0.960. The molecular formula is C11H15NOS. The van der Waals surface area contributed by atoms with Gasteiger partial charge in [0.25, 0.3) is 0 Å². The van der Waals surface area contributed by atoms with Crippen LogP contribution < -0.4 is 5.32 Å². The minimum absolute atomic E-state index is 0.0124. The molecule has 0 aromatic heterocycles. The van der Waals surface area contributed by atoms with Crippen LogP contribution in [0.3, 0.4) is 0 Å². The van der Waals surface area contributed by atoms with E-state index in [0.717, 1.165) is 17.9 Å². The van der Waals surface area contributed by atoms with Crippen LogP contribution in [-0.2, 0) is 11.2 Å². The fraction of sp³-hybridized carbons (Fsp3) is 0.364. The molecule has 0 aliphatic carbocycles. The van der Waals surface area contributed by atoms with Crippen molar-refractivity contribution in [3.8, 4) is 0 Å². The summed E-state index contributed by atoms with van der Waals surface area (Å²) in [6.45, 7) is 1.53. The van der Waals surface area contributed by atoms with Crippen molar-refractivity contribution < 1.29 is 4.79 Å². The van der Waals surface area contributed by atoms with Gasteiger partial charge in [0.2, 0.25) is 5.91 Å². The van der Waals surface area contributed by atoms with Gasteiger partial charge in [-0.25, -0.2) is 0 Å². The second kappa shape index (κ2) is 5.70. The molecule has 0 heterocycles. The topological polar surface area (TPSA) is 29.1 Å². The normalized spacial score (nSPS) is 9.86. The summed E-state index contributed by atoms with van der Waals surface area (Å²) >= 11 is 1.81. The molecular weight excluding hydrogens is 194 g/mol. The predicted molar refractivity (Wildman–Crippen MR) is 62.8 cm³/mol. The van der Waals surface area contributed by atoms with E-state index in [2.05, 4.69) is 17.6 Å². The van der Waals surface area contributed by atoms with Gasteiger partial charge in [-0.15, -0.1) is 0 Å². The van der Waals surface area contributed by atoms with Crippen molar-refractivity contribution >= 4 is 23.4 Å². The minimum Gasteiger partial charge on any atom is -0.326 e. The van der Waals surface area contributed by atoms with Crippen molar-refractivity contribution in [1.82, 2.24) is 0 Å². The molecule has 0 aliphatic rings. The Morgan fingerprint density at radius 1 is 1.43 bits per heavy atom. The molecule has 0 radical (unpaired) electrons. The fourth-order valence-electron chi connectivity index (χ4n) is 1.26. The van der Waals surface area contributed by atoms with Crippen LogP contribution in [0.5, 0.6) is 0 Å². The monoisotopic (exact) mass is 209 g/mol. The summed E-state index contributed by atoms with van der Waals surface area (Å²) in [6.07, 6.45) is 3.08. The highest BCUT2D eigenvalue weighted by molar-refractivity contribution is 7.98. The molecule has 0 saturated carbocycles. The van der Waals surface area contributed by atoms with Crippen LogP contribution in [0.15, 0.2) is 24.3 Å². The minimum atomic E-state index is -0.0124. The Morgan fingerprint density at radius 3 is 2.79 bits per heavy atom. The smallest absolute Gasteiger partial charge is 0.221 e. The number of thioether (sulfide) groups is 1. The van der Waals surface area contributed by atoms with E-state index in [1.54, 1.807) is 0 Å². The van der Waals surface area contributed by atoms with Gasteiger partial charge in [-0.1, -0.05) is 18.2 Å². The molecule has 0 aliphatic heterocycles. The van der Waals surface area contributed by atoms with Crippen molar-refractivity contribution in [3.05, 3.63) is 29.8 Å². The number of para-hydroxylation sites is 1. The number of rotatable bonds is 4. The number of benzene rings is 1. The molecule has 0 fully saturated rings. The van der Waals surface area contributed by atoms with Crippen LogP contribution >= 0.6 is 11.8 Å². The van der Waals surface area contributed by atoms with E-state index in [9.17, 15) is 4.79 Å². The van der Waals surface area contributed by atoms with Crippen molar-refractivity contribution in [1.29, 1.82) is 0 Å². The first kappa shape index (κ1) is 11.1. The molecule has 0 unspecified atom stereocenters. The van der Waals surface area contributed by atoms with E-state index < -0.39 is 0 Å². The van der Waals surface area contributed by atoms with E-state index in [1.807, 2.05) is 30.0 Å². The molecule has 14 heavy (non-hydrogen) atoms. The SMILES string of the molecule is CSCCc1ccccc1NC(C)=O. The van der Waals surface area contributed by atoms with Gasteiger partial charge in [0.1, 0.15) is 0 Å². The fourth-order valence-corrected chi connectivity index (χ4v) is 1.69. The molecule has 1 aromatic carbocycles. The molecule has 1 aromatic rings. The molecule has 0 atom stereocenters. The molecule has 0 bridgehead atoms. The van der Waals surface area contributed by atoms with Gasteiger partial charge in [0.05, 0.1) is 0 Å². The Kier molecular flexibility index (Phi) is 4.53.